The topological polar surface area (TPSA) is 49.7 Å². The van der Waals surface area contributed by atoms with E-state index in [4.69, 9.17) is 11.2 Å². The van der Waals surface area contributed by atoms with Crippen molar-refractivity contribution in [2.75, 3.05) is 6.61 Å². The molecule has 2 N–H and O–H groups in total. The fraction of sp³-hybridized carbons (Fsp3) is 0.818. The summed E-state index contributed by atoms with van der Waals surface area (Å²) in [5.74, 6) is 4.22. The Morgan fingerprint density at radius 3 is 2.72 bits per heavy atom. The molecule has 3 heteroatoms. The van der Waals surface area contributed by atoms with E-state index in [0.717, 1.165) is 44.9 Å². The molecular formula is C22H32O3. The van der Waals surface area contributed by atoms with Crippen molar-refractivity contribution in [2.24, 2.45) is 29.1 Å². The normalized spacial score (nSPS) is 51.7. The lowest BCUT2D eigenvalue weighted by Gasteiger charge is -2.55. The lowest BCUT2D eigenvalue weighted by molar-refractivity contribution is -0.216. The van der Waals surface area contributed by atoms with Crippen LogP contribution in [0.15, 0.2) is 11.6 Å². The van der Waals surface area contributed by atoms with E-state index in [1.54, 1.807) is 0 Å². The van der Waals surface area contributed by atoms with Crippen molar-refractivity contribution in [2.45, 2.75) is 76.6 Å². The number of aliphatic hydroxyl groups is 2. The van der Waals surface area contributed by atoms with Crippen LogP contribution in [-0.2, 0) is 4.74 Å². The Kier molecular flexibility index (Phi) is 4.11. The molecule has 0 aromatic heterocycles. The zero-order valence-electron chi connectivity index (χ0n) is 15.6. The zero-order chi connectivity index (χ0) is 17.9. The van der Waals surface area contributed by atoms with Gasteiger partial charge < -0.3 is 14.9 Å². The van der Waals surface area contributed by atoms with Crippen molar-refractivity contribution < 1.29 is 14.9 Å². The summed E-state index contributed by atoms with van der Waals surface area (Å²) < 4.78 is 5.64. The van der Waals surface area contributed by atoms with Gasteiger partial charge in [0.1, 0.15) is 5.60 Å². The van der Waals surface area contributed by atoms with Crippen LogP contribution in [0.5, 0.6) is 0 Å². The molecule has 0 aliphatic heterocycles. The highest BCUT2D eigenvalue weighted by Gasteiger charge is 2.62. The highest BCUT2D eigenvalue weighted by molar-refractivity contribution is 5.26. The Hall–Kier alpha value is -0.820. The molecule has 138 valence electrons. The smallest absolute Gasteiger partial charge is 0.169 e. The molecule has 7 atom stereocenters. The molecule has 4 aliphatic rings. The fourth-order valence-corrected chi connectivity index (χ4v) is 6.91. The van der Waals surface area contributed by atoms with E-state index in [0.29, 0.717) is 36.7 Å². The molecular weight excluding hydrogens is 312 g/mol. The fourth-order valence-electron chi connectivity index (χ4n) is 6.91. The van der Waals surface area contributed by atoms with Gasteiger partial charge >= 0.3 is 0 Å². The van der Waals surface area contributed by atoms with Gasteiger partial charge in [-0.3, -0.25) is 0 Å². The van der Waals surface area contributed by atoms with Crippen LogP contribution in [0.4, 0.5) is 0 Å². The Morgan fingerprint density at radius 1 is 1.20 bits per heavy atom. The molecule has 3 saturated carbocycles. The Balaban J connectivity index is 1.58. The predicted molar refractivity (Wildman–Crippen MR) is 97.4 cm³/mol. The monoisotopic (exact) mass is 344 g/mol. The largest absolute Gasteiger partial charge is 0.377 e. The first-order chi connectivity index (χ1) is 11.9. The molecule has 7 unspecified atom stereocenters. The number of terminal acetylenes is 1. The van der Waals surface area contributed by atoms with Gasteiger partial charge in [0, 0.05) is 24.9 Å². The maximum Gasteiger partial charge on any atom is 0.169 e. The van der Waals surface area contributed by atoms with Gasteiger partial charge in [-0.1, -0.05) is 24.5 Å². The third-order valence-electron chi connectivity index (χ3n) is 8.27. The van der Waals surface area contributed by atoms with Crippen molar-refractivity contribution >= 4 is 0 Å². The van der Waals surface area contributed by atoms with Crippen molar-refractivity contribution in [3.8, 4) is 12.3 Å². The van der Waals surface area contributed by atoms with Crippen molar-refractivity contribution in [1.82, 2.24) is 0 Å². The minimum Gasteiger partial charge on any atom is -0.377 e. The van der Waals surface area contributed by atoms with Crippen LogP contribution in [0.3, 0.4) is 0 Å². The van der Waals surface area contributed by atoms with Crippen molar-refractivity contribution in [3.63, 3.8) is 0 Å². The summed E-state index contributed by atoms with van der Waals surface area (Å²) in [5, 5.41) is 21.7. The number of fused-ring (bicyclic) bond motifs is 5. The molecule has 0 aromatic carbocycles. The number of allylic oxidation sites excluding steroid dienone is 1. The van der Waals surface area contributed by atoms with E-state index in [9.17, 15) is 10.2 Å². The van der Waals surface area contributed by atoms with Gasteiger partial charge in [-0.05, 0) is 69.1 Å². The van der Waals surface area contributed by atoms with E-state index in [2.05, 4.69) is 18.9 Å². The molecule has 3 fully saturated rings. The molecule has 4 aliphatic carbocycles. The summed E-state index contributed by atoms with van der Waals surface area (Å²) >= 11 is 0. The van der Waals surface area contributed by atoms with Gasteiger partial charge in [-0.15, -0.1) is 6.42 Å². The van der Waals surface area contributed by atoms with Crippen LogP contribution >= 0.6 is 0 Å². The Bertz CT molecular complexity index is 619. The third-order valence-corrected chi connectivity index (χ3v) is 8.27. The number of ether oxygens (including phenoxy) is 1. The molecule has 0 amide bonds. The molecule has 25 heavy (non-hydrogen) atoms. The second-order valence-electron chi connectivity index (χ2n) is 9.15. The zero-order valence-corrected chi connectivity index (χ0v) is 15.6. The molecule has 0 aromatic rings. The van der Waals surface area contributed by atoms with E-state index in [1.165, 1.54) is 5.57 Å². The minimum absolute atomic E-state index is 0.130. The summed E-state index contributed by atoms with van der Waals surface area (Å²) in [6, 6.07) is 0. The maximum absolute atomic E-state index is 11.0. The average molecular weight is 344 g/mol. The van der Waals surface area contributed by atoms with E-state index >= 15 is 0 Å². The standard InChI is InChI=1S/C22H32O3/c1-4-21(23)12-10-19-18-7-6-15-14-22(24,25-5-2)13-9-16(15)17(18)8-11-20(19,21)3/h1,6,16-19,23-24H,5,7-14H2,2-3H3. The van der Waals surface area contributed by atoms with Crippen LogP contribution < -0.4 is 0 Å². The van der Waals surface area contributed by atoms with Gasteiger partial charge in [-0.2, -0.15) is 0 Å². The summed E-state index contributed by atoms with van der Waals surface area (Å²) in [5.41, 5.74) is 0.362. The highest BCUT2D eigenvalue weighted by atomic mass is 16.6. The van der Waals surface area contributed by atoms with Crippen molar-refractivity contribution in [1.29, 1.82) is 0 Å². The first-order valence-corrected chi connectivity index (χ1v) is 10.1. The van der Waals surface area contributed by atoms with Crippen LogP contribution in [0, 0.1) is 41.4 Å². The second kappa shape index (κ2) is 5.84. The quantitative estimate of drug-likeness (QED) is 0.457. The van der Waals surface area contributed by atoms with E-state index in [-0.39, 0.29) is 5.41 Å². The van der Waals surface area contributed by atoms with E-state index in [1.807, 2.05) is 6.92 Å². The van der Waals surface area contributed by atoms with Gasteiger partial charge in [0.15, 0.2) is 5.79 Å². The molecule has 0 heterocycles. The van der Waals surface area contributed by atoms with Crippen molar-refractivity contribution in [3.05, 3.63) is 11.6 Å². The second-order valence-corrected chi connectivity index (χ2v) is 9.15. The van der Waals surface area contributed by atoms with Crippen LogP contribution in [0.2, 0.25) is 0 Å². The molecule has 0 saturated heterocycles. The lowest BCUT2D eigenvalue weighted by Crippen LogP contribution is -2.52. The summed E-state index contributed by atoms with van der Waals surface area (Å²) in [6.45, 7) is 4.74. The van der Waals surface area contributed by atoms with Crippen LogP contribution in [-0.4, -0.2) is 28.2 Å². The average Bonchev–Trinajstić information content (AvgIpc) is 2.86. The molecule has 0 radical (unpaired) electrons. The summed E-state index contributed by atoms with van der Waals surface area (Å²) in [6.07, 6.45) is 15.6. The SMILES string of the molecule is C#CC1(O)CCC2C3CC=C4CC(O)(OCC)CCC4C3CCC21C. The molecule has 0 bridgehead atoms. The minimum atomic E-state index is -0.954. The third kappa shape index (κ3) is 2.45. The Labute approximate surface area is 151 Å². The first-order valence-electron chi connectivity index (χ1n) is 10.1. The molecule has 0 spiro atoms. The maximum atomic E-state index is 11.0. The number of hydrogen-bond donors (Lipinski definition) is 2. The lowest BCUT2D eigenvalue weighted by atomic mass is 9.51. The highest BCUT2D eigenvalue weighted by Crippen LogP contribution is 2.64. The number of hydrogen-bond acceptors (Lipinski definition) is 3. The van der Waals surface area contributed by atoms with E-state index < -0.39 is 11.4 Å². The molecule has 4 rings (SSSR count). The Morgan fingerprint density at radius 2 is 2.00 bits per heavy atom. The number of rotatable bonds is 2. The molecule has 3 nitrogen and oxygen atoms in total. The van der Waals surface area contributed by atoms with Gasteiger partial charge in [0.05, 0.1) is 0 Å². The van der Waals surface area contributed by atoms with Crippen LogP contribution in [0.1, 0.15) is 65.2 Å². The van der Waals surface area contributed by atoms with Gasteiger partial charge in [-0.25, -0.2) is 0 Å². The predicted octanol–water partition coefficient (Wildman–Crippen LogP) is 3.65. The van der Waals surface area contributed by atoms with Gasteiger partial charge in [0.25, 0.3) is 0 Å². The van der Waals surface area contributed by atoms with Gasteiger partial charge in [0.2, 0.25) is 0 Å². The summed E-state index contributed by atoms with van der Waals surface area (Å²) in [4.78, 5) is 0. The van der Waals surface area contributed by atoms with Crippen LogP contribution in [0.25, 0.3) is 0 Å². The first kappa shape index (κ1) is 17.6. The summed E-state index contributed by atoms with van der Waals surface area (Å²) in [7, 11) is 0.